The van der Waals surface area contributed by atoms with Crippen LogP contribution in [0.1, 0.15) is 40.9 Å². The minimum atomic E-state index is -0.218. The molecule has 0 saturated carbocycles. The van der Waals surface area contributed by atoms with Gasteiger partial charge >= 0.3 is 0 Å². The molecule has 0 radical (unpaired) electrons. The highest BCUT2D eigenvalue weighted by Crippen LogP contribution is 2.24. The van der Waals surface area contributed by atoms with E-state index in [-0.39, 0.29) is 17.0 Å². The van der Waals surface area contributed by atoms with Crippen LogP contribution in [0.15, 0.2) is 27.9 Å². The number of hydrogen-bond acceptors (Lipinski definition) is 5. The molecule has 0 N–H and O–H groups in total. The molecular formula is C21H26N4O4. The number of piperidine rings is 1. The molecule has 1 fully saturated rings. The predicted molar refractivity (Wildman–Crippen MR) is 107 cm³/mol. The Morgan fingerprint density at radius 2 is 1.93 bits per heavy atom. The van der Waals surface area contributed by atoms with E-state index in [2.05, 4.69) is 5.10 Å². The average Bonchev–Trinajstić information content (AvgIpc) is 3.17. The minimum Gasteiger partial charge on any atom is -0.496 e. The van der Waals surface area contributed by atoms with Gasteiger partial charge in [0, 0.05) is 45.0 Å². The Kier molecular flexibility index (Phi) is 5.25. The van der Waals surface area contributed by atoms with E-state index in [0.717, 1.165) is 43.4 Å². The normalized spacial score (nSPS) is 16.7. The summed E-state index contributed by atoms with van der Waals surface area (Å²) in [6.45, 7) is 1.81. The lowest BCUT2D eigenvalue weighted by Gasteiger charge is -2.32. The molecule has 1 saturated heterocycles. The van der Waals surface area contributed by atoms with Crippen LogP contribution >= 0.6 is 0 Å². The molecule has 1 aliphatic heterocycles. The number of carbonyl (C=O) groups excluding carboxylic acids is 1. The lowest BCUT2D eigenvalue weighted by molar-refractivity contribution is 0.0676. The lowest BCUT2D eigenvalue weighted by Crippen LogP contribution is -2.41. The fourth-order valence-electron chi connectivity index (χ4n) is 4.25. The zero-order valence-corrected chi connectivity index (χ0v) is 16.9. The van der Waals surface area contributed by atoms with Crippen LogP contribution in [0, 0.1) is 5.92 Å². The van der Waals surface area contributed by atoms with E-state index >= 15 is 0 Å². The van der Waals surface area contributed by atoms with Gasteiger partial charge in [-0.2, -0.15) is 5.10 Å². The van der Waals surface area contributed by atoms with E-state index in [1.165, 1.54) is 23.9 Å². The van der Waals surface area contributed by atoms with Crippen molar-refractivity contribution in [1.82, 2.24) is 19.2 Å². The summed E-state index contributed by atoms with van der Waals surface area (Å²) >= 11 is 0. The van der Waals surface area contributed by atoms with Crippen molar-refractivity contribution in [2.45, 2.75) is 38.6 Å². The number of amides is 1. The van der Waals surface area contributed by atoms with Crippen LogP contribution in [-0.4, -0.2) is 45.4 Å². The van der Waals surface area contributed by atoms with Gasteiger partial charge in [0.25, 0.3) is 17.0 Å². The number of aryl methyl sites for hydroxylation is 3. The number of rotatable bonds is 4. The fourth-order valence-corrected chi connectivity index (χ4v) is 4.25. The second-order valence-corrected chi connectivity index (χ2v) is 7.93. The Labute approximate surface area is 168 Å². The van der Waals surface area contributed by atoms with Gasteiger partial charge in [-0.1, -0.05) is 0 Å². The van der Waals surface area contributed by atoms with E-state index in [1.54, 1.807) is 22.7 Å². The molecule has 3 heterocycles. The monoisotopic (exact) mass is 398 g/mol. The third-order valence-electron chi connectivity index (χ3n) is 6.00. The summed E-state index contributed by atoms with van der Waals surface area (Å²) in [4.78, 5) is 38.9. The number of fused-ring (bicyclic) bond motifs is 1. The molecule has 8 nitrogen and oxygen atoms in total. The Morgan fingerprint density at radius 1 is 1.17 bits per heavy atom. The molecule has 4 rings (SSSR count). The topological polar surface area (TPSA) is 86.4 Å². The highest BCUT2D eigenvalue weighted by Gasteiger charge is 2.27. The third-order valence-corrected chi connectivity index (χ3v) is 6.00. The van der Waals surface area contributed by atoms with Crippen LogP contribution in [-0.2, 0) is 26.4 Å². The first-order valence-electron chi connectivity index (χ1n) is 10.1. The van der Waals surface area contributed by atoms with Crippen LogP contribution in [0.3, 0.4) is 0 Å². The number of methoxy groups -OCH3 is 1. The maximum absolute atomic E-state index is 13.0. The van der Waals surface area contributed by atoms with Gasteiger partial charge in [-0.05, 0) is 43.6 Å². The molecule has 2 aromatic rings. The Balaban J connectivity index is 1.42. The molecule has 0 spiro atoms. The standard InChI is InChI=1S/C21H26N4O4/c1-23-13-16(18(29-2)11-19(23)26)21(28)24-8-6-14(7-9-24)12-25-20(27)10-15-4-3-5-17(15)22-25/h10-11,13-14H,3-9,12H2,1-2H3. The molecule has 2 aliphatic rings. The van der Waals surface area contributed by atoms with Crippen molar-refractivity contribution in [2.24, 2.45) is 13.0 Å². The fraction of sp³-hybridized carbons (Fsp3) is 0.524. The molecule has 0 unspecified atom stereocenters. The van der Waals surface area contributed by atoms with Crippen molar-refractivity contribution >= 4 is 5.91 Å². The van der Waals surface area contributed by atoms with E-state index in [9.17, 15) is 14.4 Å². The molecular weight excluding hydrogens is 372 g/mol. The van der Waals surface area contributed by atoms with Crippen molar-refractivity contribution in [1.29, 1.82) is 0 Å². The highest BCUT2D eigenvalue weighted by molar-refractivity contribution is 5.96. The lowest BCUT2D eigenvalue weighted by atomic mass is 9.96. The maximum atomic E-state index is 13.0. The van der Waals surface area contributed by atoms with Crippen molar-refractivity contribution in [2.75, 3.05) is 20.2 Å². The van der Waals surface area contributed by atoms with Gasteiger partial charge in [-0.25, -0.2) is 4.68 Å². The minimum absolute atomic E-state index is 0.0286. The van der Waals surface area contributed by atoms with Gasteiger partial charge in [0.1, 0.15) is 5.75 Å². The smallest absolute Gasteiger partial charge is 0.267 e. The summed E-state index contributed by atoms with van der Waals surface area (Å²) in [6, 6.07) is 3.08. The molecule has 154 valence electrons. The number of ether oxygens (including phenoxy) is 1. The number of likely N-dealkylation sites (tertiary alicyclic amines) is 1. The van der Waals surface area contributed by atoms with E-state index in [4.69, 9.17) is 4.74 Å². The first-order valence-corrected chi connectivity index (χ1v) is 10.1. The summed E-state index contributed by atoms with van der Waals surface area (Å²) in [5, 5.41) is 4.56. The van der Waals surface area contributed by atoms with Crippen LogP contribution < -0.4 is 15.9 Å². The second-order valence-electron chi connectivity index (χ2n) is 7.93. The molecule has 8 heteroatoms. The van der Waals surface area contributed by atoms with Crippen LogP contribution in [0.5, 0.6) is 5.75 Å². The number of aromatic nitrogens is 3. The summed E-state index contributed by atoms with van der Waals surface area (Å²) in [6.07, 6.45) is 6.12. The largest absolute Gasteiger partial charge is 0.496 e. The molecule has 1 amide bonds. The summed E-state index contributed by atoms with van der Waals surface area (Å²) in [7, 11) is 3.07. The molecule has 0 bridgehead atoms. The number of nitrogens with zero attached hydrogens (tertiary/aromatic N) is 4. The van der Waals surface area contributed by atoms with Gasteiger partial charge in [-0.3, -0.25) is 14.4 Å². The summed E-state index contributed by atoms with van der Waals surface area (Å²) in [5.74, 6) is 0.476. The van der Waals surface area contributed by atoms with E-state index in [0.29, 0.717) is 36.9 Å². The molecule has 0 atom stereocenters. The molecule has 0 aromatic carbocycles. The highest BCUT2D eigenvalue weighted by atomic mass is 16.5. The number of carbonyl (C=O) groups is 1. The molecule has 1 aliphatic carbocycles. The van der Waals surface area contributed by atoms with Crippen molar-refractivity contribution < 1.29 is 9.53 Å². The van der Waals surface area contributed by atoms with Crippen molar-refractivity contribution in [3.05, 3.63) is 55.9 Å². The van der Waals surface area contributed by atoms with E-state index < -0.39 is 0 Å². The Bertz CT molecular complexity index is 1050. The maximum Gasteiger partial charge on any atom is 0.267 e. The first-order chi connectivity index (χ1) is 14.0. The Morgan fingerprint density at radius 3 is 2.66 bits per heavy atom. The summed E-state index contributed by atoms with van der Waals surface area (Å²) in [5.41, 5.74) is 2.30. The van der Waals surface area contributed by atoms with Gasteiger partial charge in [0.15, 0.2) is 0 Å². The van der Waals surface area contributed by atoms with Crippen LogP contribution in [0.25, 0.3) is 0 Å². The second kappa shape index (κ2) is 7.85. The van der Waals surface area contributed by atoms with Crippen LogP contribution in [0.4, 0.5) is 0 Å². The zero-order valence-electron chi connectivity index (χ0n) is 16.9. The van der Waals surface area contributed by atoms with Gasteiger partial charge in [-0.15, -0.1) is 0 Å². The quantitative estimate of drug-likeness (QED) is 0.767. The average molecular weight is 398 g/mol. The number of hydrogen-bond donors (Lipinski definition) is 0. The third kappa shape index (κ3) is 3.83. The van der Waals surface area contributed by atoms with Gasteiger partial charge in [0.2, 0.25) is 0 Å². The Hall–Kier alpha value is -2.90. The van der Waals surface area contributed by atoms with Gasteiger partial charge < -0.3 is 14.2 Å². The number of pyridine rings is 1. The van der Waals surface area contributed by atoms with E-state index in [1.807, 2.05) is 0 Å². The zero-order chi connectivity index (χ0) is 20.5. The molecule has 2 aromatic heterocycles. The van der Waals surface area contributed by atoms with Crippen LogP contribution in [0.2, 0.25) is 0 Å². The molecule has 29 heavy (non-hydrogen) atoms. The first kappa shape index (κ1) is 19.4. The summed E-state index contributed by atoms with van der Waals surface area (Å²) < 4.78 is 8.22. The van der Waals surface area contributed by atoms with Crippen molar-refractivity contribution in [3.8, 4) is 5.75 Å². The SMILES string of the molecule is COc1cc(=O)n(C)cc1C(=O)N1CCC(Cn2nc3c(cc2=O)CCC3)CC1. The van der Waals surface area contributed by atoms with Crippen molar-refractivity contribution in [3.63, 3.8) is 0 Å². The predicted octanol–water partition coefficient (Wildman–Crippen LogP) is 0.992. The van der Waals surface area contributed by atoms with Gasteiger partial charge in [0.05, 0.1) is 18.4 Å².